The molecule has 2 aromatic carbocycles. The lowest BCUT2D eigenvalue weighted by Crippen LogP contribution is -2.24. The van der Waals surface area contributed by atoms with Crippen molar-refractivity contribution in [2.45, 2.75) is 32.8 Å². The molecule has 0 saturated carbocycles. The van der Waals surface area contributed by atoms with E-state index in [1.165, 1.54) is 11.1 Å². The summed E-state index contributed by atoms with van der Waals surface area (Å²) >= 11 is 0. The Bertz CT molecular complexity index is 684. The second-order valence-corrected chi connectivity index (χ2v) is 6.05. The third-order valence-electron chi connectivity index (χ3n) is 3.77. The van der Waals surface area contributed by atoms with Gasteiger partial charge >= 0.3 is 0 Å². The molecule has 0 spiro atoms. The molecule has 2 aromatic rings. The van der Waals surface area contributed by atoms with E-state index in [-0.39, 0.29) is 5.60 Å². The predicted octanol–water partition coefficient (Wildman–Crippen LogP) is 4.19. The summed E-state index contributed by atoms with van der Waals surface area (Å²) in [7, 11) is 0. The number of carbonyl (C=O) groups is 1. The predicted molar refractivity (Wildman–Crippen MR) is 80.4 cm³/mol. The summed E-state index contributed by atoms with van der Waals surface area (Å²) in [6.07, 6.45) is 1.81. The summed E-state index contributed by atoms with van der Waals surface area (Å²) in [4.78, 5) is 11.0. The summed E-state index contributed by atoms with van der Waals surface area (Å²) in [6, 6.07) is 12.1. The van der Waals surface area contributed by atoms with Crippen molar-refractivity contribution in [1.29, 1.82) is 0 Å². The molecule has 0 N–H and O–H groups in total. The number of carbonyl (C=O) groups excluding carboxylic acids is 1. The summed E-state index contributed by atoms with van der Waals surface area (Å²) < 4.78 is 5.90. The number of fused-ring (bicyclic) bond motifs is 1. The highest BCUT2D eigenvalue weighted by atomic mass is 16.5. The van der Waals surface area contributed by atoms with Crippen LogP contribution in [-0.2, 0) is 6.42 Å². The molecular formula is C18H18O2. The van der Waals surface area contributed by atoms with E-state index in [0.717, 1.165) is 29.6 Å². The zero-order valence-corrected chi connectivity index (χ0v) is 12.1. The van der Waals surface area contributed by atoms with Crippen LogP contribution in [0.2, 0.25) is 0 Å². The molecule has 0 amide bonds. The fourth-order valence-electron chi connectivity index (χ4n) is 2.80. The fraction of sp³-hybridized carbons (Fsp3) is 0.278. The summed E-state index contributed by atoms with van der Waals surface area (Å²) in [6.45, 7) is 6.27. The van der Waals surface area contributed by atoms with Gasteiger partial charge in [0, 0.05) is 12.0 Å². The second-order valence-electron chi connectivity index (χ2n) is 6.05. The van der Waals surface area contributed by atoms with E-state index in [4.69, 9.17) is 4.74 Å². The van der Waals surface area contributed by atoms with Crippen LogP contribution in [0.3, 0.4) is 0 Å². The van der Waals surface area contributed by atoms with Crippen LogP contribution in [0, 0.1) is 6.92 Å². The molecule has 0 saturated heterocycles. The Morgan fingerprint density at radius 1 is 1.15 bits per heavy atom. The van der Waals surface area contributed by atoms with Crippen molar-refractivity contribution in [3.63, 3.8) is 0 Å². The molecular weight excluding hydrogens is 248 g/mol. The van der Waals surface area contributed by atoms with Crippen molar-refractivity contribution < 1.29 is 9.53 Å². The van der Waals surface area contributed by atoms with Gasteiger partial charge < -0.3 is 4.74 Å². The molecule has 0 bridgehead atoms. The number of aldehydes is 1. The van der Waals surface area contributed by atoms with Crippen molar-refractivity contribution in [2.75, 3.05) is 0 Å². The molecule has 0 aromatic heterocycles. The topological polar surface area (TPSA) is 26.3 Å². The summed E-state index contributed by atoms with van der Waals surface area (Å²) in [5.41, 5.74) is 5.26. The van der Waals surface area contributed by atoms with Crippen LogP contribution in [0.4, 0.5) is 0 Å². The Morgan fingerprint density at radius 3 is 2.70 bits per heavy atom. The van der Waals surface area contributed by atoms with Crippen molar-refractivity contribution in [2.24, 2.45) is 0 Å². The molecule has 1 aliphatic rings. The van der Waals surface area contributed by atoms with Crippen molar-refractivity contribution in [3.8, 4) is 16.9 Å². The molecule has 0 radical (unpaired) electrons. The van der Waals surface area contributed by atoms with E-state index >= 15 is 0 Å². The first-order valence-corrected chi connectivity index (χ1v) is 6.87. The smallest absolute Gasteiger partial charge is 0.150 e. The van der Waals surface area contributed by atoms with Gasteiger partial charge in [0.1, 0.15) is 17.6 Å². The average Bonchev–Trinajstić information content (AvgIpc) is 2.72. The number of rotatable bonds is 2. The van der Waals surface area contributed by atoms with Gasteiger partial charge in [-0.3, -0.25) is 4.79 Å². The molecule has 102 valence electrons. The van der Waals surface area contributed by atoms with Gasteiger partial charge in [0.05, 0.1) is 0 Å². The third-order valence-corrected chi connectivity index (χ3v) is 3.77. The van der Waals surface area contributed by atoms with Gasteiger partial charge in [-0.15, -0.1) is 0 Å². The van der Waals surface area contributed by atoms with Crippen LogP contribution >= 0.6 is 0 Å². The lowest BCUT2D eigenvalue weighted by Gasteiger charge is -2.16. The van der Waals surface area contributed by atoms with Crippen LogP contribution in [-0.4, -0.2) is 11.9 Å². The Kier molecular flexibility index (Phi) is 2.89. The maximum atomic E-state index is 11.0. The highest BCUT2D eigenvalue weighted by molar-refractivity contribution is 5.80. The van der Waals surface area contributed by atoms with E-state index in [1.807, 2.05) is 24.3 Å². The van der Waals surface area contributed by atoms with Gasteiger partial charge in [-0.2, -0.15) is 0 Å². The Hall–Kier alpha value is -2.09. The minimum atomic E-state index is -0.124. The van der Waals surface area contributed by atoms with Crippen LogP contribution in [0.25, 0.3) is 11.1 Å². The molecule has 0 unspecified atom stereocenters. The Morgan fingerprint density at radius 2 is 1.95 bits per heavy atom. The van der Waals surface area contributed by atoms with Gasteiger partial charge in [-0.1, -0.05) is 18.2 Å². The quantitative estimate of drug-likeness (QED) is 0.762. The third kappa shape index (κ3) is 2.22. The number of ether oxygens (including phenoxy) is 1. The largest absolute Gasteiger partial charge is 0.487 e. The van der Waals surface area contributed by atoms with Crippen molar-refractivity contribution in [3.05, 3.63) is 53.1 Å². The zero-order valence-electron chi connectivity index (χ0n) is 12.1. The average molecular weight is 266 g/mol. The van der Waals surface area contributed by atoms with Crippen LogP contribution in [0.5, 0.6) is 5.75 Å². The fourth-order valence-corrected chi connectivity index (χ4v) is 2.80. The molecule has 0 aliphatic carbocycles. The molecule has 1 heterocycles. The highest BCUT2D eigenvalue weighted by Crippen LogP contribution is 2.37. The first kappa shape index (κ1) is 12.9. The second kappa shape index (κ2) is 4.48. The SMILES string of the molecule is Cc1ccc(C=O)cc1-c1ccc2c(c1)CC(C)(C)O2. The number of benzene rings is 2. The maximum Gasteiger partial charge on any atom is 0.150 e. The maximum absolute atomic E-state index is 11.0. The Balaban J connectivity index is 2.07. The van der Waals surface area contributed by atoms with Gasteiger partial charge in [0.2, 0.25) is 0 Å². The molecule has 2 heteroatoms. The van der Waals surface area contributed by atoms with Gasteiger partial charge in [0.25, 0.3) is 0 Å². The van der Waals surface area contributed by atoms with Gasteiger partial charge in [0.15, 0.2) is 0 Å². The van der Waals surface area contributed by atoms with E-state index < -0.39 is 0 Å². The summed E-state index contributed by atoms with van der Waals surface area (Å²) in [5, 5.41) is 0. The lowest BCUT2D eigenvalue weighted by atomic mass is 9.94. The number of hydrogen-bond donors (Lipinski definition) is 0. The van der Waals surface area contributed by atoms with Crippen molar-refractivity contribution >= 4 is 6.29 Å². The minimum Gasteiger partial charge on any atom is -0.487 e. The van der Waals surface area contributed by atoms with Crippen LogP contribution < -0.4 is 4.74 Å². The van der Waals surface area contributed by atoms with Gasteiger partial charge in [-0.05, 0) is 61.2 Å². The lowest BCUT2D eigenvalue weighted by molar-refractivity contribution is 0.112. The monoisotopic (exact) mass is 266 g/mol. The molecule has 3 rings (SSSR count). The summed E-state index contributed by atoms with van der Waals surface area (Å²) in [5.74, 6) is 0.975. The molecule has 20 heavy (non-hydrogen) atoms. The molecule has 1 aliphatic heterocycles. The molecule has 2 nitrogen and oxygen atoms in total. The number of aryl methyl sites for hydroxylation is 1. The first-order chi connectivity index (χ1) is 9.48. The van der Waals surface area contributed by atoms with Crippen molar-refractivity contribution in [1.82, 2.24) is 0 Å². The minimum absolute atomic E-state index is 0.124. The van der Waals surface area contributed by atoms with E-state index in [2.05, 4.69) is 32.9 Å². The standard InChI is InChI=1S/C18H18O2/c1-12-4-5-13(11-19)8-16(12)14-6-7-17-15(9-14)10-18(2,3)20-17/h4-9,11H,10H2,1-3H3. The Labute approximate surface area is 119 Å². The highest BCUT2D eigenvalue weighted by Gasteiger charge is 2.30. The molecule has 0 atom stereocenters. The van der Waals surface area contributed by atoms with E-state index in [9.17, 15) is 4.79 Å². The zero-order chi connectivity index (χ0) is 14.3. The first-order valence-electron chi connectivity index (χ1n) is 6.87. The number of hydrogen-bond acceptors (Lipinski definition) is 2. The van der Waals surface area contributed by atoms with E-state index in [0.29, 0.717) is 5.56 Å². The van der Waals surface area contributed by atoms with Crippen LogP contribution in [0.15, 0.2) is 36.4 Å². The normalized spacial score (nSPS) is 15.6. The molecule has 0 fully saturated rings. The van der Waals surface area contributed by atoms with Crippen LogP contribution in [0.1, 0.15) is 35.3 Å². The van der Waals surface area contributed by atoms with Gasteiger partial charge in [-0.25, -0.2) is 0 Å². The van der Waals surface area contributed by atoms with E-state index in [1.54, 1.807) is 0 Å².